The first kappa shape index (κ1) is 18.3. The molecule has 142 valence electrons. The lowest BCUT2D eigenvalue weighted by Crippen LogP contribution is -2.30. The van der Waals surface area contributed by atoms with Gasteiger partial charge in [0, 0.05) is 11.6 Å². The second-order valence-corrected chi connectivity index (χ2v) is 6.76. The zero-order chi connectivity index (χ0) is 20.4. The lowest BCUT2D eigenvalue weighted by molar-refractivity contribution is -0.123. The van der Waals surface area contributed by atoms with Crippen LogP contribution in [-0.4, -0.2) is 16.8 Å². The molecule has 3 aromatic rings. The zero-order valence-corrected chi connectivity index (χ0v) is 15.7. The Kier molecular flexibility index (Phi) is 4.71. The summed E-state index contributed by atoms with van der Waals surface area (Å²) in [5.74, 6) is 0.659. The molecule has 2 aromatic carbocycles. The van der Waals surface area contributed by atoms with Gasteiger partial charge in [0.1, 0.15) is 17.2 Å². The Morgan fingerprint density at radius 1 is 1.03 bits per heavy atom. The number of carbonyl (C=O) groups excluding carboxylic acids is 2. The highest BCUT2D eigenvalue weighted by Crippen LogP contribution is 2.25. The number of benzene rings is 2. The fourth-order valence-corrected chi connectivity index (χ4v) is 3.03. The number of hydrogen-bond donors (Lipinski definition) is 1. The number of nitrogens with one attached hydrogen (secondary N) is 1. The van der Waals surface area contributed by atoms with E-state index in [0.717, 1.165) is 16.7 Å². The fourth-order valence-electron chi connectivity index (χ4n) is 3.03. The molecule has 0 radical (unpaired) electrons. The van der Waals surface area contributed by atoms with E-state index in [4.69, 9.17) is 9.68 Å². The molecular formula is C23H17N3O3. The molecule has 4 rings (SSSR count). The van der Waals surface area contributed by atoms with E-state index < -0.39 is 11.9 Å². The van der Waals surface area contributed by atoms with Crippen molar-refractivity contribution in [1.82, 2.24) is 10.2 Å². The largest absolute Gasteiger partial charge is 0.457 e. The van der Waals surface area contributed by atoms with Crippen LogP contribution in [0.4, 0.5) is 4.79 Å². The average Bonchev–Trinajstić information content (AvgIpc) is 3.30. The van der Waals surface area contributed by atoms with E-state index in [0.29, 0.717) is 17.1 Å². The Labute approximate surface area is 167 Å². The van der Waals surface area contributed by atoms with Crippen LogP contribution < -0.4 is 5.32 Å². The van der Waals surface area contributed by atoms with Crippen LogP contribution in [0.2, 0.25) is 0 Å². The summed E-state index contributed by atoms with van der Waals surface area (Å²) in [6.45, 7) is 2.19. The highest BCUT2D eigenvalue weighted by Gasteiger charge is 2.33. The lowest BCUT2D eigenvalue weighted by Gasteiger charge is -2.11. The molecule has 1 aliphatic heterocycles. The third kappa shape index (κ3) is 3.80. The third-order valence-electron chi connectivity index (χ3n) is 4.64. The number of aryl methyl sites for hydroxylation is 1. The standard InChI is InChI=1S/C23H17N3O3/c1-15-2-4-17(5-3-15)14-26-22(27)20(25-23(26)28)12-19-10-11-21(29-19)18-8-6-16(13-24)7-9-18/h2-12H,14H2,1H3,(H,25,28)/b20-12-. The van der Waals surface area contributed by atoms with E-state index in [-0.39, 0.29) is 12.2 Å². The molecule has 6 nitrogen and oxygen atoms in total. The predicted molar refractivity (Wildman–Crippen MR) is 107 cm³/mol. The van der Waals surface area contributed by atoms with Crippen molar-refractivity contribution < 1.29 is 14.0 Å². The first-order valence-corrected chi connectivity index (χ1v) is 9.04. The van der Waals surface area contributed by atoms with Gasteiger partial charge < -0.3 is 9.73 Å². The zero-order valence-electron chi connectivity index (χ0n) is 15.7. The summed E-state index contributed by atoms with van der Waals surface area (Å²) in [4.78, 5) is 26.0. The molecule has 1 fully saturated rings. The van der Waals surface area contributed by atoms with Gasteiger partial charge in [-0.1, -0.05) is 29.8 Å². The topological polar surface area (TPSA) is 86.3 Å². The number of nitriles is 1. The summed E-state index contributed by atoms with van der Waals surface area (Å²) >= 11 is 0. The molecule has 3 amide bonds. The number of amides is 3. The quantitative estimate of drug-likeness (QED) is 0.540. The average molecular weight is 383 g/mol. The first-order valence-electron chi connectivity index (χ1n) is 9.04. The summed E-state index contributed by atoms with van der Waals surface area (Å²) in [5.41, 5.74) is 3.54. The van der Waals surface area contributed by atoms with Gasteiger partial charge in [0.15, 0.2) is 0 Å². The van der Waals surface area contributed by atoms with Crippen molar-refractivity contribution in [3.05, 3.63) is 88.8 Å². The van der Waals surface area contributed by atoms with E-state index in [9.17, 15) is 9.59 Å². The van der Waals surface area contributed by atoms with Crippen molar-refractivity contribution in [3.8, 4) is 17.4 Å². The Morgan fingerprint density at radius 2 is 1.76 bits per heavy atom. The monoisotopic (exact) mass is 383 g/mol. The van der Waals surface area contributed by atoms with E-state index in [1.165, 1.54) is 11.0 Å². The van der Waals surface area contributed by atoms with Crippen molar-refractivity contribution >= 4 is 18.0 Å². The Hall–Kier alpha value is -4.11. The van der Waals surface area contributed by atoms with E-state index in [2.05, 4.69) is 11.4 Å². The molecule has 0 unspecified atom stereocenters. The van der Waals surface area contributed by atoms with Crippen molar-refractivity contribution in [1.29, 1.82) is 5.26 Å². The molecule has 0 saturated carbocycles. The number of carbonyl (C=O) groups is 2. The molecule has 0 aliphatic carbocycles. The summed E-state index contributed by atoms with van der Waals surface area (Å²) < 4.78 is 5.77. The molecule has 1 N–H and O–H groups in total. The van der Waals surface area contributed by atoms with Crippen LogP contribution in [0.5, 0.6) is 0 Å². The van der Waals surface area contributed by atoms with E-state index in [1.54, 1.807) is 36.4 Å². The number of furan rings is 1. The van der Waals surface area contributed by atoms with Gasteiger partial charge in [0.05, 0.1) is 18.2 Å². The van der Waals surface area contributed by atoms with Crippen molar-refractivity contribution in [2.75, 3.05) is 0 Å². The number of nitrogens with zero attached hydrogens (tertiary/aromatic N) is 2. The Bertz CT molecular complexity index is 1150. The van der Waals surface area contributed by atoms with Gasteiger partial charge >= 0.3 is 6.03 Å². The van der Waals surface area contributed by atoms with Crippen LogP contribution in [-0.2, 0) is 11.3 Å². The smallest absolute Gasteiger partial charge is 0.329 e. The van der Waals surface area contributed by atoms with Gasteiger partial charge in [0.2, 0.25) is 0 Å². The third-order valence-corrected chi connectivity index (χ3v) is 4.64. The second kappa shape index (κ2) is 7.49. The summed E-state index contributed by atoms with van der Waals surface area (Å²) in [6, 6.07) is 19.8. The number of hydrogen-bond acceptors (Lipinski definition) is 4. The Morgan fingerprint density at radius 3 is 2.45 bits per heavy atom. The molecule has 6 heteroatoms. The van der Waals surface area contributed by atoms with Crippen LogP contribution in [0.3, 0.4) is 0 Å². The van der Waals surface area contributed by atoms with Crippen molar-refractivity contribution in [2.45, 2.75) is 13.5 Å². The van der Waals surface area contributed by atoms with Crippen LogP contribution in [0.15, 0.2) is 70.8 Å². The van der Waals surface area contributed by atoms with Gasteiger partial charge in [-0.2, -0.15) is 5.26 Å². The second-order valence-electron chi connectivity index (χ2n) is 6.76. The van der Waals surface area contributed by atoms with Crippen LogP contribution in [0.1, 0.15) is 22.5 Å². The maximum absolute atomic E-state index is 12.6. The normalized spacial score (nSPS) is 14.9. The molecule has 1 aliphatic rings. The van der Waals surface area contributed by atoms with Gasteiger partial charge in [-0.25, -0.2) is 4.79 Å². The number of rotatable bonds is 4. The van der Waals surface area contributed by atoms with Gasteiger partial charge in [-0.3, -0.25) is 9.69 Å². The van der Waals surface area contributed by atoms with Crippen molar-refractivity contribution in [3.63, 3.8) is 0 Å². The number of imide groups is 1. The molecule has 0 spiro atoms. The molecular weight excluding hydrogens is 366 g/mol. The molecule has 0 bridgehead atoms. The molecule has 2 heterocycles. The van der Waals surface area contributed by atoms with Gasteiger partial charge in [0.25, 0.3) is 5.91 Å². The van der Waals surface area contributed by atoms with E-state index >= 15 is 0 Å². The predicted octanol–water partition coefficient (Wildman–Crippen LogP) is 4.22. The van der Waals surface area contributed by atoms with E-state index in [1.807, 2.05) is 31.2 Å². The van der Waals surface area contributed by atoms with Gasteiger partial charge in [-0.15, -0.1) is 0 Å². The van der Waals surface area contributed by atoms with Crippen LogP contribution >= 0.6 is 0 Å². The highest BCUT2D eigenvalue weighted by molar-refractivity contribution is 6.13. The first-order chi connectivity index (χ1) is 14.0. The SMILES string of the molecule is Cc1ccc(CN2C(=O)N/C(=C\c3ccc(-c4ccc(C#N)cc4)o3)C2=O)cc1. The van der Waals surface area contributed by atoms with Gasteiger partial charge in [-0.05, 0) is 48.9 Å². The molecule has 29 heavy (non-hydrogen) atoms. The minimum Gasteiger partial charge on any atom is -0.457 e. The Balaban J connectivity index is 1.52. The maximum Gasteiger partial charge on any atom is 0.329 e. The number of urea groups is 1. The molecule has 0 atom stereocenters. The summed E-state index contributed by atoms with van der Waals surface area (Å²) in [7, 11) is 0. The fraction of sp³-hybridized carbons (Fsp3) is 0.0870. The van der Waals surface area contributed by atoms with Crippen LogP contribution in [0.25, 0.3) is 17.4 Å². The van der Waals surface area contributed by atoms with Crippen LogP contribution in [0, 0.1) is 18.3 Å². The van der Waals surface area contributed by atoms with Crippen molar-refractivity contribution in [2.24, 2.45) is 0 Å². The summed E-state index contributed by atoms with van der Waals surface area (Å²) in [6.07, 6.45) is 1.52. The summed E-state index contributed by atoms with van der Waals surface area (Å²) in [5, 5.41) is 11.5. The minimum atomic E-state index is -0.458. The maximum atomic E-state index is 12.6. The highest BCUT2D eigenvalue weighted by atomic mass is 16.3. The minimum absolute atomic E-state index is 0.169. The molecule has 1 saturated heterocycles. The molecule has 1 aromatic heterocycles. The lowest BCUT2D eigenvalue weighted by atomic mass is 10.1.